The highest BCUT2D eigenvalue weighted by atomic mass is 16.5. The number of hydrogen-bond donors (Lipinski definition) is 1. The fourth-order valence-corrected chi connectivity index (χ4v) is 2.12. The average Bonchev–Trinajstić information content (AvgIpc) is 2.62. The van der Waals surface area contributed by atoms with Crippen molar-refractivity contribution >= 4 is 22.9 Å². The second-order valence-electron chi connectivity index (χ2n) is 4.23. The lowest BCUT2D eigenvalue weighted by molar-refractivity contribution is -0.131. The summed E-state index contributed by atoms with van der Waals surface area (Å²) in [4.78, 5) is 10.6. The van der Waals surface area contributed by atoms with Crippen LogP contribution in [-0.4, -0.2) is 22.8 Å². The van der Waals surface area contributed by atoms with Gasteiger partial charge in [-0.3, -0.25) is 0 Å². The molecule has 94 valence electrons. The van der Waals surface area contributed by atoms with Crippen molar-refractivity contribution in [3.63, 3.8) is 0 Å². The first-order valence-electron chi connectivity index (χ1n) is 5.57. The van der Waals surface area contributed by atoms with Gasteiger partial charge in [0.25, 0.3) is 0 Å². The molecule has 1 aromatic carbocycles. The molecule has 0 amide bonds. The number of fused-ring (bicyclic) bond motifs is 1. The first kappa shape index (κ1) is 12.2. The van der Waals surface area contributed by atoms with Crippen molar-refractivity contribution < 1.29 is 14.6 Å². The summed E-state index contributed by atoms with van der Waals surface area (Å²) in [7, 11) is 3.55. The molecule has 0 aliphatic heterocycles. The maximum atomic E-state index is 10.6. The molecule has 1 aromatic heterocycles. The number of rotatable bonds is 3. The Kier molecular flexibility index (Phi) is 3.10. The zero-order valence-corrected chi connectivity index (χ0v) is 10.6. The van der Waals surface area contributed by atoms with E-state index in [1.54, 1.807) is 13.2 Å². The van der Waals surface area contributed by atoms with Crippen LogP contribution in [0.3, 0.4) is 0 Å². The number of aryl methyl sites for hydroxylation is 2. The SMILES string of the molecule is COc1cc(C)cc2c(/C=C/C(=O)O)cn(C)c12. The second kappa shape index (κ2) is 4.56. The maximum Gasteiger partial charge on any atom is 0.328 e. The Morgan fingerprint density at radius 2 is 2.17 bits per heavy atom. The van der Waals surface area contributed by atoms with Gasteiger partial charge in [0, 0.05) is 30.3 Å². The fourth-order valence-electron chi connectivity index (χ4n) is 2.12. The molecule has 0 fully saturated rings. The van der Waals surface area contributed by atoms with Crippen LogP contribution < -0.4 is 4.74 Å². The first-order chi connectivity index (χ1) is 8.52. The Balaban J connectivity index is 2.70. The van der Waals surface area contributed by atoms with Gasteiger partial charge in [0.2, 0.25) is 0 Å². The number of aromatic nitrogens is 1. The van der Waals surface area contributed by atoms with E-state index in [4.69, 9.17) is 9.84 Å². The average molecular weight is 245 g/mol. The van der Waals surface area contributed by atoms with Crippen molar-refractivity contribution in [1.82, 2.24) is 4.57 Å². The number of carboxylic acid groups (broad SMARTS) is 1. The number of benzene rings is 1. The van der Waals surface area contributed by atoms with Crippen molar-refractivity contribution in [2.45, 2.75) is 6.92 Å². The van der Waals surface area contributed by atoms with E-state index in [0.717, 1.165) is 33.9 Å². The van der Waals surface area contributed by atoms with Gasteiger partial charge in [-0.15, -0.1) is 0 Å². The molecule has 0 atom stereocenters. The van der Waals surface area contributed by atoms with Gasteiger partial charge >= 0.3 is 5.97 Å². The summed E-state index contributed by atoms with van der Waals surface area (Å²) >= 11 is 0. The molecule has 2 rings (SSSR count). The summed E-state index contributed by atoms with van der Waals surface area (Å²) < 4.78 is 7.31. The predicted molar refractivity (Wildman–Crippen MR) is 70.9 cm³/mol. The van der Waals surface area contributed by atoms with Crippen LogP contribution in [0, 0.1) is 6.92 Å². The Labute approximate surface area is 105 Å². The van der Waals surface area contributed by atoms with E-state index in [2.05, 4.69) is 0 Å². The van der Waals surface area contributed by atoms with Crippen molar-refractivity contribution in [3.8, 4) is 5.75 Å². The second-order valence-corrected chi connectivity index (χ2v) is 4.23. The highest BCUT2D eigenvalue weighted by molar-refractivity contribution is 5.96. The molecule has 0 aliphatic rings. The van der Waals surface area contributed by atoms with Crippen LogP contribution in [0.25, 0.3) is 17.0 Å². The van der Waals surface area contributed by atoms with Gasteiger partial charge in [0.1, 0.15) is 5.75 Å². The molecule has 2 aromatic rings. The molecule has 4 heteroatoms. The summed E-state index contributed by atoms with van der Waals surface area (Å²) in [6.45, 7) is 1.99. The molecule has 0 spiro atoms. The van der Waals surface area contributed by atoms with E-state index < -0.39 is 5.97 Å². The van der Waals surface area contributed by atoms with Crippen molar-refractivity contribution in [3.05, 3.63) is 35.5 Å². The Bertz CT molecular complexity index is 638. The summed E-state index contributed by atoms with van der Waals surface area (Å²) in [5, 5.41) is 9.68. The number of methoxy groups -OCH3 is 1. The fraction of sp³-hybridized carbons (Fsp3) is 0.214. The van der Waals surface area contributed by atoms with Crippen molar-refractivity contribution in [1.29, 1.82) is 0 Å². The van der Waals surface area contributed by atoms with Gasteiger partial charge in [-0.1, -0.05) is 0 Å². The molecule has 0 radical (unpaired) electrons. The number of nitrogens with zero attached hydrogens (tertiary/aromatic N) is 1. The first-order valence-corrected chi connectivity index (χ1v) is 5.57. The lowest BCUT2D eigenvalue weighted by Crippen LogP contribution is -1.90. The molecule has 1 heterocycles. The molecule has 0 saturated heterocycles. The molecule has 0 saturated carbocycles. The third kappa shape index (κ3) is 2.09. The van der Waals surface area contributed by atoms with Crippen LogP contribution in [0.5, 0.6) is 5.75 Å². The number of carboxylic acids is 1. The molecular weight excluding hydrogens is 230 g/mol. The maximum absolute atomic E-state index is 10.6. The monoisotopic (exact) mass is 245 g/mol. The van der Waals surface area contributed by atoms with Gasteiger partial charge in [0.15, 0.2) is 0 Å². The summed E-state index contributed by atoms with van der Waals surface area (Å²) in [6, 6.07) is 3.99. The van der Waals surface area contributed by atoms with Crippen LogP contribution >= 0.6 is 0 Å². The molecular formula is C14H15NO3. The molecule has 1 N–H and O–H groups in total. The van der Waals surface area contributed by atoms with E-state index in [1.165, 1.54) is 0 Å². The lowest BCUT2D eigenvalue weighted by Gasteiger charge is -2.06. The third-order valence-electron chi connectivity index (χ3n) is 2.84. The summed E-state index contributed by atoms with van der Waals surface area (Å²) in [5.74, 6) is -0.158. The van der Waals surface area contributed by atoms with Crippen LogP contribution in [0.15, 0.2) is 24.4 Å². The van der Waals surface area contributed by atoms with Crippen LogP contribution in [-0.2, 0) is 11.8 Å². The minimum absolute atomic E-state index is 0.794. The molecule has 0 bridgehead atoms. The molecule has 0 unspecified atom stereocenters. The number of hydrogen-bond acceptors (Lipinski definition) is 2. The molecule has 4 nitrogen and oxygen atoms in total. The van der Waals surface area contributed by atoms with Crippen LogP contribution in [0.4, 0.5) is 0 Å². The summed E-state index contributed by atoms with van der Waals surface area (Å²) in [5.41, 5.74) is 2.92. The smallest absolute Gasteiger partial charge is 0.328 e. The normalized spacial score (nSPS) is 11.3. The number of ether oxygens (including phenoxy) is 1. The lowest BCUT2D eigenvalue weighted by atomic mass is 10.1. The quantitative estimate of drug-likeness (QED) is 0.845. The Hall–Kier alpha value is -2.23. The van der Waals surface area contributed by atoms with Gasteiger partial charge in [0.05, 0.1) is 12.6 Å². The third-order valence-corrected chi connectivity index (χ3v) is 2.84. The number of aliphatic carboxylic acids is 1. The Morgan fingerprint density at radius 1 is 1.44 bits per heavy atom. The number of carbonyl (C=O) groups is 1. The van der Waals surface area contributed by atoms with Crippen molar-refractivity contribution in [2.24, 2.45) is 7.05 Å². The van der Waals surface area contributed by atoms with E-state index in [-0.39, 0.29) is 0 Å². The minimum Gasteiger partial charge on any atom is -0.495 e. The highest BCUT2D eigenvalue weighted by Crippen LogP contribution is 2.31. The van der Waals surface area contributed by atoms with Crippen LogP contribution in [0.2, 0.25) is 0 Å². The minimum atomic E-state index is -0.952. The van der Waals surface area contributed by atoms with E-state index in [1.807, 2.05) is 36.9 Å². The zero-order valence-electron chi connectivity index (χ0n) is 10.6. The van der Waals surface area contributed by atoms with Crippen molar-refractivity contribution in [2.75, 3.05) is 7.11 Å². The van der Waals surface area contributed by atoms with E-state index in [0.29, 0.717) is 0 Å². The highest BCUT2D eigenvalue weighted by Gasteiger charge is 2.10. The molecule has 18 heavy (non-hydrogen) atoms. The topological polar surface area (TPSA) is 51.5 Å². The standard InChI is InChI=1S/C14H15NO3/c1-9-6-11-10(4-5-13(16)17)8-15(2)14(11)12(7-9)18-3/h4-8H,1-3H3,(H,16,17)/b5-4+. The Morgan fingerprint density at radius 3 is 2.78 bits per heavy atom. The van der Waals surface area contributed by atoms with Gasteiger partial charge < -0.3 is 14.4 Å². The predicted octanol–water partition coefficient (Wildman–Crippen LogP) is 2.59. The van der Waals surface area contributed by atoms with Gasteiger partial charge in [-0.25, -0.2) is 4.79 Å². The zero-order chi connectivity index (χ0) is 13.3. The van der Waals surface area contributed by atoms with Gasteiger partial charge in [-0.2, -0.15) is 0 Å². The summed E-state index contributed by atoms with van der Waals surface area (Å²) in [6.07, 6.45) is 4.64. The van der Waals surface area contributed by atoms with Crippen LogP contribution in [0.1, 0.15) is 11.1 Å². The molecule has 0 aliphatic carbocycles. The van der Waals surface area contributed by atoms with E-state index >= 15 is 0 Å². The largest absolute Gasteiger partial charge is 0.495 e. The van der Waals surface area contributed by atoms with E-state index in [9.17, 15) is 4.79 Å². The van der Waals surface area contributed by atoms with Gasteiger partial charge in [-0.05, 0) is 30.7 Å².